The molecule has 31 heavy (non-hydrogen) atoms. The van der Waals surface area contributed by atoms with Crippen LogP contribution in [0.4, 0.5) is 5.82 Å². The van der Waals surface area contributed by atoms with Gasteiger partial charge in [0.25, 0.3) is 0 Å². The van der Waals surface area contributed by atoms with Gasteiger partial charge in [0.05, 0.1) is 10.4 Å². The topological polar surface area (TPSA) is 84.0 Å². The fraction of sp³-hybridized carbons (Fsp3) is 0.0909. The summed E-state index contributed by atoms with van der Waals surface area (Å²) in [7, 11) is -3.62. The van der Waals surface area contributed by atoms with E-state index in [0.717, 1.165) is 16.5 Å². The quantitative estimate of drug-likeness (QED) is 0.370. The normalized spacial score (nSPS) is 11.5. The number of anilines is 1. The van der Waals surface area contributed by atoms with Gasteiger partial charge in [0.2, 0.25) is 10.0 Å². The number of aromatic nitrogens is 2. The van der Waals surface area contributed by atoms with Crippen LogP contribution in [0.25, 0.3) is 22.3 Å². The van der Waals surface area contributed by atoms with Crippen molar-refractivity contribution in [2.24, 2.45) is 0 Å². The molecule has 0 aliphatic rings. The molecular formula is C22H18Cl2N4O2S. The first kappa shape index (κ1) is 21.5. The third kappa shape index (κ3) is 5.14. The third-order valence-corrected chi connectivity index (χ3v) is 6.52. The van der Waals surface area contributed by atoms with E-state index in [1.165, 1.54) is 12.1 Å². The van der Waals surface area contributed by atoms with Gasteiger partial charge in [0, 0.05) is 34.1 Å². The molecule has 4 aromatic rings. The molecular weight excluding hydrogens is 455 g/mol. The molecule has 0 radical (unpaired) electrons. The van der Waals surface area contributed by atoms with Gasteiger partial charge in [-0.2, -0.15) is 0 Å². The molecule has 1 aromatic heterocycles. The molecule has 0 amide bonds. The van der Waals surface area contributed by atoms with E-state index in [9.17, 15) is 8.42 Å². The van der Waals surface area contributed by atoms with Crippen molar-refractivity contribution in [1.29, 1.82) is 0 Å². The third-order valence-electron chi connectivity index (χ3n) is 4.54. The Hall–Kier alpha value is -2.71. The van der Waals surface area contributed by atoms with Crippen molar-refractivity contribution in [3.05, 3.63) is 82.8 Å². The SMILES string of the molecule is O=S(=O)(NCCNc1nc(-c2ccc(Cl)cc2)nc2ccccc12)c1ccc(Cl)cc1. The predicted molar refractivity (Wildman–Crippen MR) is 125 cm³/mol. The molecule has 0 atom stereocenters. The number of fused-ring (bicyclic) bond motifs is 1. The van der Waals surface area contributed by atoms with E-state index >= 15 is 0 Å². The highest BCUT2D eigenvalue weighted by Crippen LogP contribution is 2.25. The van der Waals surface area contributed by atoms with Crippen molar-refractivity contribution in [3.8, 4) is 11.4 Å². The smallest absolute Gasteiger partial charge is 0.240 e. The standard InChI is InChI=1S/C22H18Cl2N4O2S/c23-16-7-5-15(6-8-16)21-27-20-4-2-1-3-19(20)22(28-21)25-13-14-26-31(29,30)18-11-9-17(24)10-12-18/h1-12,26H,13-14H2,(H,25,27,28). The first-order chi connectivity index (χ1) is 14.9. The van der Waals surface area contributed by atoms with Gasteiger partial charge in [-0.3, -0.25) is 0 Å². The minimum atomic E-state index is -3.62. The van der Waals surface area contributed by atoms with Gasteiger partial charge in [0.1, 0.15) is 5.82 Å². The molecule has 0 unspecified atom stereocenters. The van der Waals surface area contributed by atoms with Gasteiger partial charge < -0.3 is 5.32 Å². The number of halogens is 2. The Balaban J connectivity index is 1.51. The van der Waals surface area contributed by atoms with Crippen LogP contribution >= 0.6 is 23.2 Å². The Morgan fingerprint density at radius 1 is 0.774 bits per heavy atom. The van der Waals surface area contributed by atoms with Gasteiger partial charge in [-0.25, -0.2) is 23.1 Å². The fourth-order valence-electron chi connectivity index (χ4n) is 3.00. The summed E-state index contributed by atoms with van der Waals surface area (Å²) in [6.07, 6.45) is 0. The molecule has 0 spiro atoms. The van der Waals surface area contributed by atoms with E-state index in [4.69, 9.17) is 23.2 Å². The molecule has 4 rings (SSSR count). The Labute approximate surface area is 190 Å². The highest BCUT2D eigenvalue weighted by atomic mass is 35.5. The lowest BCUT2D eigenvalue weighted by Crippen LogP contribution is -2.29. The van der Waals surface area contributed by atoms with Crippen LogP contribution in [0.5, 0.6) is 0 Å². The second-order valence-electron chi connectivity index (χ2n) is 6.70. The first-order valence-electron chi connectivity index (χ1n) is 9.44. The zero-order valence-corrected chi connectivity index (χ0v) is 18.5. The minimum absolute atomic E-state index is 0.161. The van der Waals surface area contributed by atoms with Crippen LogP contribution in [-0.4, -0.2) is 31.5 Å². The Bertz CT molecular complexity index is 1310. The van der Waals surface area contributed by atoms with Crippen LogP contribution in [-0.2, 0) is 10.0 Å². The van der Waals surface area contributed by atoms with Crippen molar-refractivity contribution in [1.82, 2.24) is 14.7 Å². The second-order valence-corrected chi connectivity index (χ2v) is 9.34. The number of para-hydroxylation sites is 1. The van der Waals surface area contributed by atoms with Gasteiger partial charge in [-0.05, 0) is 60.7 Å². The summed E-state index contributed by atoms with van der Waals surface area (Å²) in [5.74, 6) is 1.18. The number of hydrogen-bond acceptors (Lipinski definition) is 5. The summed E-state index contributed by atoms with van der Waals surface area (Å²) in [6, 6.07) is 20.9. The lowest BCUT2D eigenvalue weighted by atomic mass is 10.2. The highest BCUT2D eigenvalue weighted by Gasteiger charge is 2.13. The maximum absolute atomic E-state index is 12.4. The number of nitrogens with zero attached hydrogens (tertiary/aromatic N) is 2. The number of rotatable bonds is 7. The number of nitrogens with one attached hydrogen (secondary N) is 2. The first-order valence-corrected chi connectivity index (χ1v) is 11.7. The zero-order chi connectivity index (χ0) is 21.8. The van der Waals surface area contributed by atoms with E-state index in [1.807, 2.05) is 36.4 Å². The average Bonchev–Trinajstić information content (AvgIpc) is 2.77. The number of benzene rings is 3. The molecule has 1 heterocycles. The van der Waals surface area contributed by atoms with Gasteiger partial charge >= 0.3 is 0 Å². The van der Waals surface area contributed by atoms with Gasteiger partial charge in [0.15, 0.2) is 5.82 Å². The lowest BCUT2D eigenvalue weighted by molar-refractivity contribution is 0.583. The summed E-state index contributed by atoms with van der Waals surface area (Å²) in [5.41, 5.74) is 1.62. The molecule has 9 heteroatoms. The van der Waals surface area contributed by atoms with Gasteiger partial charge in [-0.1, -0.05) is 35.3 Å². The molecule has 0 saturated carbocycles. The molecule has 6 nitrogen and oxygen atoms in total. The molecule has 158 valence electrons. The lowest BCUT2D eigenvalue weighted by Gasteiger charge is -2.12. The molecule has 3 aromatic carbocycles. The van der Waals surface area contributed by atoms with E-state index in [1.54, 1.807) is 24.3 Å². The number of hydrogen-bond donors (Lipinski definition) is 2. The highest BCUT2D eigenvalue weighted by molar-refractivity contribution is 7.89. The molecule has 0 aliphatic carbocycles. The van der Waals surface area contributed by atoms with E-state index in [2.05, 4.69) is 20.0 Å². The maximum Gasteiger partial charge on any atom is 0.240 e. The van der Waals surface area contributed by atoms with Crippen LogP contribution in [0.1, 0.15) is 0 Å². The maximum atomic E-state index is 12.4. The van der Waals surface area contributed by atoms with Crippen molar-refractivity contribution in [2.45, 2.75) is 4.90 Å². The largest absolute Gasteiger partial charge is 0.368 e. The van der Waals surface area contributed by atoms with Crippen molar-refractivity contribution < 1.29 is 8.42 Å². The summed E-state index contributed by atoms with van der Waals surface area (Å²) in [5, 5.41) is 5.18. The zero-order valence-electron chi connectivity index (χ0n) is 16.2. The molecule has 2 N–H and O–H groups in total. The van der Waals surface area contributed by atoms with Crippen LogP contribution < -0.4 is 10.0 Å². The van der Waals surface area contributed by atoms with Crippen LogP contribution in [0.3, 0.4) is 0 Å². The van der Waals surface area contributed by atoms with E-state index in [0.29, 0.717) is 28.2 Å². The van der Waals surface area contributed by atoms with Crippen molar-refractivity contribution in [3.63, 3.8) is 0 Å². The summed E-state index contributed by atoms with van der Waals surface area (Å²) in [6.45, 7) is 0.521. The second kappa shape index (κ2) is 9.20. The fourth-order valence-corrected chi connectivity index (χ4v) is 4.29. The van der Waals surface area contributed by atoms with E-state index < -0.39 is 10.0 Å². The van der Waals surface area contributed by atoms with Crippen LogP contribution in [0, 0.1) is 0 Å². The van der Waals surface area contributed by atoms with E-state index in [-0.39, 0.29) is 11.4 Å². The molecule has 0 bridgehead atoms. The minimum Gasteiger partial charge on any atom is -0.368 e. The summed E-state index contributed by atoms with van der Waals surface area (Å²) < 4.78 is 27.4. The van der Waals surface area contributed by atoms with Crippen LogP contribution in [0.2, 0.25) is 10.0 Å². The Morgan fingerprint density at radius 3 is 2.13 bits per heavy atom. The number of sulfonamides is 1. The van der Waals surface area contributed by atoms with Crippen molar-refractivity contribution in [2.75, 3.05) is 18.4 Å². The Morgan fingerprint density at radius 2 is 1.42 bits per heavy atom. The predicted octanol–water partition coefficient (Wildman–Crippen LogP) is 4.99. The molecule has 0 aliphatic heterocycles. The summed E-state index contributed by atoms with van der Waals surface area (Å²) in [4.78, 5) is 9.44. The monoisotopic (exact) mass is 472 g/mol. The van der Waals surface area contributed by atoms with Crippen molar-refractivity contribution >= 4 is 49.9 Å². The Kier molecular flexibility index (Phi) is 6.38. The summed E-state index contributed by atoms with van der Waals surface area (Å²) >= 11 is 11.8. The average molecular weight is 473 g/mol. The van der Waals surface area contributed by atoms with Crippen LogP contribution in [0.15, 0.2) is 77.7 Å². The molecule has 0 fully saturated rings. The van der Waals surface area contributed by atoms with Gasteiger partial charge in [-0.15, -0.1) is 0 Å². The molecule has 0 saturated heterocycles.